The summed E-state index contributed by atoms with van der Waals surface area (Å²) >= 11 is 6.42. The van der Waals surface area contributed by atoms with Gasteiger partial charge in [-0.25, -0.2) is 8.42 Å². The molecule has 2 saturated heterocycles. The highest BCUT2D eigenvalue weighted by molar-refractivity contribution is 8.26. The van der Waals surface area contributed by atoms with Crippen LogP contribution in [0.15, 0.2) is 29.2 Å². The van der Waals surface area contributed by atoms with Gasteiger partial charge in [-0.2, -0.15) is 0 Å². The molecule has 1 N–H and O–H groups in total. The van der Waals surface area contributed by atoms with Gasteiger partial charge in [-0.1, -0.05) is 36.1 Å². The summed E-state index contributed by atoms with van der Waals surface area (Å²) < 4.78 is 23.6. The highest BCUT2D eigenvalue weighted by Crippen LogP contribution is 2.36. The molecule has 1 atom stereocenters. The number of hydrogen-bond acceptors (Lipinski definition) is 6. The van der Waals surface area contributed by atoms with Crippen molar-refractivity contribution in [1.82, 2.24) is 4.90 Å². The van der Waals surface area contributed by atoms with Crippen LogP contribution in [0.2, 0.25) is 0 Å². The molecular weight excluding hydrogens is 342 g/mol. The first-order valence-corrected chi connectivity index (χ1v) is 9.67. The molecule has 2 aliphatic rings. The van der Waals surface area contributed by atoms with E-state index in [1.807, 2.05) is 0 Å². The molecule has 0 spiro atoms. The fourth-order valence-electron chi connectivity index (χ4n) is 2.50. The fraction of sp³-hybridized carbons (Fsp3) is 0.286. The molecule has 1 aromatic rings. The van der Waals surface area contributed by atoms with Gasteiger partial charge in [0.2, 0.25) is 0 Å². The number of carbonyl (C=O) groups is 1. The Morgan fingerprint density at radius 1 is 1.32 bits per heavy atom. The molecular formula is C14H13NO4S3. The molecule has 1 amide bonds. The Morgan fingerprint density at radius 3 is 2.59 bits per heavy atom. The quantitative estimate of drug-likeness (QED) is 0.644. The van der Waals surface area contributed by atoms with Gasteiger partial charge >= 0.3 is 0 Å². The van der Waals surface area contributed by atoms with Crippen molar-refractivity contribution >= 4 is 50.1 Å². The zero-order valence-corrected chi connectivity index (χ0v) is 13.9. The standard InChI is InChI=1S/C14H13NO4S3/c16-11-3-1-9(2-4-11)7-12-13(17)15(14(20)21-12)10-5-6-22(18,19)8-10/h1-4,7,10,16H,5-6,8H2/b12-7+/t10-/m0/s1. The maximum atomic E-state index is 12.5. The minimum Gasteiger partial charge on any atom is -0.508 e. The number of aromatic hydroxyl groups is 1. The van der Waals surface area contributed by atoms with Crippen LogP contribution in [0, 0.1) is 0 Å². The third-order valence-electron chi connectivity index (χ3n) is 3.59. The topological polar surface area (TPSA) is 74.7 Å². The van der Waals surface area contributed by atoms with E-state index in [1.165, 1.54) is 28.8 Å². The number of thiocarbonyl (C=S) groups is 1. The average molecular weight is 355 g/mol. The van der Waals surface area contributed by atoms with E-state index in [0.717, 1.165) is 5.56 Å². The highest BCUT2D eigenvalue weighted by atomic mass is 32.2. The van der Waals surface area contributed by atoms with Crippen molar-refractivity contribution in [1.29, 1.82) is 0 Å². The number of carbonyl (C=O) groups excluding carboxylic acids is 1. The molecule has 0 bridgehead atoms. The maximum Gasteiger partial charge on any atom is 0.266 e. The van der Waals surface area contributed by atoms with E-state index in [-0.39, 0.29) is 29.2 Å². The van der Waals surface area contributed by atoms with Gasteiger partial charge in [0.1, 0.15) is 10.1 Å². The molecule has 2 heterocycles. The third kappa shape index (κ3) is 3.04. The average Bonchev–Trinajstić information content (AvgIpc) is 2.93. The number of phenols is 1. The fourth-order valence-corrected chi connectivity index (χ4v) is 5.60. The van der Waals surface area contributed by atoms with E-state index >= 15 is 0 Å². The van der Waals surface area contributed by atoms with Gasteiger partial charge < -0.3 is 5.11 Å². The number of amides is 1. The smallest absolute Gasteiger partial charge is 0.266 e. The van der Waals surface area contributed by atoms with E-state index in [9.17, 15) is 18.3 Å². The second kappa shape index (κ2) is 5.68. The van der Waals surface area contributed by atoms with Gasteiger partial charge in [-0.05, 0) is 30.2 Å². The number of benzene rings is 1. The summed E-state index contributed by atoms with van der Waals surface area (Å²) in [4.78, 5) is 14.4. The summed E-state index contributed by atoms with van der Waals surface area (Å²) in [5.41, 5.74) is 0.775. The normalized spacial score (nSPS) is 26.1. The Morgan fingerprint density at radius 2 is 2.00 bits per heavy atom. The van der Waals surface area contributed by atoms with Crippen molar-refractivity contribution in [2.24, 2.45) is 0 Å². The molecule has 22 heavy (non-hydrogen) atoms. The second-order valence-electron chi connectivity index (χ2n) is 5.20. The summed E-state index contributed by atoms with van der Waals surface area (Å²) in [6, 6.07) is 6.11. The molecule has 0 aliphatic carbocycles. The van der Waals surface area contributed by atoms with Gasteiger partial charge in [-0.15, -0.1) is 0 Å². The molecule has 5 nitrogen and oxygen atoms in total. The molecule has 0 unspecified atom stereocenters. The minimum atomic E-state index is -3.07. The van der Waals surface area contributed by atoms with Gasteiger partial charge in [0, 0.05) is 0 Å². The van der Waals surface area contributed by atoms with Crippen LogP contribution in [0.1, 0.15) is 12.0 Å². The number of thioether (sulfide) groups is 1. The number of phenolic OH excluding ortho intramolecular Hbond substituents is 1. The minimum absolute atomic E-state index is 0.0219. The van der Waals surface area contributed by atoms with Gasteiger partial charge in [-0.3, -0.25) is 9.69 Å². The van der Waals surface area contributed by atoms with Crippen molar-refractivity contribution in [3.05, 3.63) is 34.7 Å². The van der Waals surface area contributed by atoms with Crippen molar-refractivity contribution in [3.63, 3.8) is 0 Å². The first-order valence-electron chi connectivity index (χ1n) is 6.62. The zero-order valence-electron chi connectivity index (χ0n) is 11.4. The number of rotatable bonds is 2. The molecule has 3 rings (SSSR count). The van der Waals surface area contributed by atoms with E-state index in [2.05, 4.69) is 0 Å². The summed E-state index contributed by atoms with van der Waals surface area (Å²) in [6.45, 7) is 0. The first-order chi connectivity index (χ1) is 10.4. The van der Waals surface area contributed by atoms with Crippen LogP contribution in [0.5, 0.6) is 5.75 Å². The molecule has 0 saturated carbocycles. The molecule has 0 radical (unpaired) electrons. The van der Waals surface area contributed by atoms with Crippen molar-refractivity contribution < 1.29 is 18.3 Å². The highest BCUT2D eigenvalue weighted by Gasteiger charge is 2.41. The predicted molar refractivity (Wildman–Crippen MR) is 90.2 cm³/mol. The second-order valence-corrected chi connectivity index (χ2v) is 9.10. The van der Waals surface area contributed by atoms with E-state index in [4.69, 9.17) is 12.2 Å². The zero-order chi connectivity index (χ0) is 15.9. The lowest BCUT2D eigenvalue weighted by Crippen LogP contribution is -2.39. The van der Waals surface area contributed by atoms with Crippen LogP contribution in [0.4, 0.5) is 0 Å². The summed E-state index contributed by atoms with van der Waals surface area (Å²) in [7, 11) is -3.07. The van der Waals surface area contributed by atoms with Crippen LogP contribution < -0.4 is 0 Å². The monoisotopic (exact) mass is 355 g/mol. The first kappa shape index (κ1) is 15.5. The molecule has 2 fully saturated rings. The van der Waals surface area contributed by atoms with Crippen LogP contribution in [-0.4, -0.2) is 46.2 Å². The third-order valence-corrected chi connectivity index (χ3v) is 6.67. The lowest BCUT2D eigenvalue weighted by Gasteiger charge is -2.20. The van der Waals surface area contributed by atoms with Gasteiger partial charge in [0.05, 0.1) is 22.5 Å². The summed E-state index contributed by atoms with van der Waals surface area (Å²) in [5.74, 6) is -0.0106. The molecule has 1 aromatic carbocycles. The Kier molecular flexibility index (Phi) is 4.00. The van der Waals surface area contributed by atoms with Crippen LogP contribution in [0.25, 0.3) is 6.08 Å². The summed E-state index contributed by atoms with van der Waals surface area (Å²) in [6.07, 6.45) is 2.13. The largest absolute Gasteiger partial charge is 0.508 e. The van der Waals surface area contributed by atoms with Crippen molar-refractivity contribution in [3.8, 4) is 5.75 Å². The van der Waals surface area contributed by atoms with Gasteiger partial charge in [0.15, 0.2) is 9.84 Å². The Hall–Kier alpha value is -1.38. The lowest BCUT2D eigenvalue weighted by atomic mass is 10.2. The van der Waals surface area contributed by atoms with E-state index in [1.54, 1.807) is 18.2 Å². The lowest BCUT2D eigenvalue weighted by molar-refractivity contribution is -0.123. The SMILES string of the molecule is O=C1/C(=C\c2ccc(O)cc2)SC(=S)N1[C@H]1CCS(=O)(=O)C1. The van der Waals surface area contributed by atoms with E-state index < -0.39 is 9.84 Å². The number of nitrogens with zero attached hydrogens (tertiary/aromatic N) is 1. The number of sulfone groups is 1. The van der Waals surface area contributed by atoms with Crippen LogP contribution in [-0.2, 0) is 14.6 Å². The van der Waals surface area contributed by atoms with Crippen LogP contribution >= 0.6 is 24.0 Å². The van der Waals surface area contributed by atoms with E-state index in [0.29, 0.717) is 15.6 Å². The van der Waals surface area contributed by atoms with Gasteiger partial charge in [0.25, 0.3) is 5.91 Å². The predicted octanol–water partition coefficient (Wildman–Crippen LogP) is 1.78. The summed E-state index contributed by atoms with van der Waals surface area (Å²) in [5, 5.41) is 9.27. The maximum absolute atomic E-state index is 12.5. The molecule has 0 aromatic heterocycles. The molecule has 2 aliphatic heterocycles. The van der Waals surface area contributed by atoms with Crippen LogP contribution in [0.3, 0.4) is 0 Å². The van der Waals surface area contributed by atoms with Crippen molar-refractivity contribution in [2.75, 3.05) is 11.5 Å². The molecule has 116 valence electrons. The van der Waals surface area contributed by atoms with Crippen molar-refractivity contribution in [2.45, 2.75) is 12.5 Å². The molecule has 8 heteroatoms. The Bertz CT molecular complexity index is 768. The Labute approximate surface area is 137 Å². The Balaban J connectivity index is 1.84. The number of hydrogen-bond donors (Lipinski definition) is 1.